The summed E-state index contributed by atoms with van der Waals surface area (Å²) in [6.07, 6.45) is -4.75. The van der Waals surface area contributed by atoms with Gasteiger partial charge >= 0.3 is 6.18 Å². The molecule has 1 fully saturated rings. The molecule has 8 heteroatoms. The third-order valence-electron chi connectivity index (χ3n) is 3.81. The predicted octanol–water partition coefficient (Wildman–Crippen LogP) is 4.89. The number of benzene rings is 1. The van der Waals surface area contributed by atoms with E-state index in [1.165, 1.54) is 0 Å². The molecule has 1 aromatic carbocycles. The Bertz CT molecular complexity index is 480. The average molecular weight is 438 g/mol. The summed E-state index contributed by atoms with van der Waals surface area (Å²) in [5.41, 5.74) is 2.05. The van der Waals surface area contributed by atoms with Crippen LogP contribution in [0.2, 0.25) is 0 Å². The van der Waals surface area contributed by atoms with Gasteiger partial charge in [0, 0.05) is 43.1 Å². The first-order chi connectivity index (χ1) is 9.87. The monoisotopic (exact) mass is 436 g/mol. The third-order valence-corrected chi connectivity index (χ3v) is 4.50. The standard InChI is InChI=1S/C15H20BrF3N2.2ClH/c1-11-2-3-12(13(16)10-11)14(4-5-15(17,18)19)21-8-6-20-7-9-21;;/h2-3,10,14,20H,4-9H2,1H3;2*1H/t14-;;/m0../s1. The number of hydrogen-bond donors (Lipinski definition) is 1. The fourth-order valence-corrected chi connectivity index (χ4v) is 3.49. The minimum Gasteiger partial charge on any atom is -0.314 e. The molecule has 0 saturated carbocycles. The van der Waals surface area contributed by atoms with Gasteiger partial charge in [-0.3, -0.25) is 4.90 Å². The first-order valence-corrected chi connectivity index (χ1v) is 7.94. The van der Waals surface area contributed by atoms with Crippen LogP contribution in [0.1, 0.15) is 30.0 Å². The van der Waals surface area contributed by atoms with Crippen molar-refractivity contribution in [1.82, 2.24) is 10.2 Å². The molecule has 134 valence electrons. The van der Waals surface area contributed by atoms with Crippen molar-refractivity contribution in [1.29, 1.82) is 0 Å². The Labute approximate surface area is 156 Å². The fourth-order valence-electron chi connectivity index (χ4n) is 2.73. The third kappa shape index (κ3) is 7.18. The lowest BCUT2D eigenvalue weighted by molar-refractivity contribution is -0.138. The number of rotatable bonds is 4. The molecular formula is C15H22BrCl2F3N2. The van der Waals surface area contributed by atoms with E-state index < -0.39 is 12.6 Å². The fraction of sp³-hybridized carbons (Fsp3) is 0.600. The van der Waals surface area contributed by atoms with Crippen LogP contribution in [0.5, 0.6) is 0 Å². The van der Waals surface area contributed by atoms with Gasteiger partial charge in [-0.2, -0.15) is 13.2 Å². The quantitative estimate of drug-likeness (QED) is 0.721. The van der Waals surface area contributed by atoms with Crippen LogP contribution in [-0.2, 0) is 0 Å². The number of halogens is 6. The molecule has 0 unspecified atom stereocenters. The van der Waals surface area contributed by atoms with Crippen molar-refractivity contribution < 1.29 is 13.2 Å². The molecule has 0 bridgehead atoms. The highest BCUT2D eigenvalue weighted by Crippen LogP contribution is 2.35. The van der Waals surface area contributed by atoms with E-state index in [2.05, 4.69) is 26.1 Å². The van der Waals surface area contributed by atoms with Gasteiger partial charge in [-0.05, 0) is 30.5 Å². The van der Waals surface area contributed by atoms with Gasteiger partial charge in [-0.25, -0.2) is 0 Å². The smallest absolute Gasteiger partial charge is 0.314 e. The molecule has 0 spiro atoms. The van der Waals surface area contributed by atoms with Gasteiger partial charge in [0.05, 0.1) is 0 Å². The van der Waals surface area contributed by atoms with E-state index in [0.29, 0.717) is 0 Å². The lowest BCUT2D eigenvalue weighted by Crippen LogP contribution is -2.45. The van der Waals surface area contributed by atoms with Gasteiger partial charge in [0.2, 0.25) is 0 Å². The SMILES string of the molecule is Cc1ccc([C@H](CCC(F)(F)F)N2CCNCC2)c(Br)c1.Cl.Cl. The largest absolute Gasteiger partial charge is 0.389 e. The number of nitrogens with zero attached hydrogens (tertiary/aromatic N) is 1. The average Bonchev–Trinajstić information content (AvgIpc) is 2.41. The summed E-state index contributed by atoms with van der Waals surface area (Å²) in [6, 6.07) is 5.69. The summed E-state index contributed by atoms with van der Waals surface area (Å²) in [6.45, 7) is 5.19. The molecule has 23 heavy (non-hydrogen) atoms. The van der Waals surface area contributed by atoms with E-state index in [-0.39, 0.29) is 37.3 Å². The summed E-state index contributed by atoms with van der Waals surface area (Å²) in [5, 5.41) is 3.24. The summed E-state index contributed by atoms with van der Waals surface area (Å²) in [4.78, 5) is 2.15. The predicted molar refractivity (Wildman–Crippen MR) is 95.8 cm³/mol. The van der Waals surface area contributed by atoms with Crippen molar-refractivity contribution in [2.75, 3.05) is 26.2 Å². The number of alkyl halides is 3. The molecule has 1 N–H and O–H groups in total. The van der Waals surface area contributed by atoms with Gasteiger partial charge in [0.15, 0.2) is 0 Å². The maximum atomic E-state index is 12.6. The van der Waals surface area contributed by atoms with Crippen molar-refractivity contribution in [2.24, 2.45) is 0 Å². The van der Waals surface area contributed by atoms with Gasteiger partial charge in [-0.1, -0.05) is 28.1 Å². The Morgan fingerprint density at radius 1 is 1.22 bits per heavy atom. The molecule has 1 aliphatic rings. The topological polar surface area (TPSA) is 15.3 Å². The lowest BCUT2D eigenvalue weighted by atomic mass is 9.98. The molecule has 1 aromatic rings. The first-order valence-electron chi connectivity index (χ1n) is 7.14. The highest BCUT2D eigenvalue weighted by atomic mass is 79.9. The van der Waals surface area contributed by atoms with Gasteiger partial charge in [0.1, 0.15) is 0 Å². The van der Waals surface area contributed by atoms with E-state index in [1.807, 2.05) is 25.1 Å². The zero-order valence-corrected chi connectivity index (χ0v) is 16.0. The van der Waals surface area contributed by atoms with E-state index in [0.717, 1.165) is 41.8 Å². The van der Waals surface area contributed by atoms with Crippen LogP contribution >= 0.6 is 40.7 Å². The zero-order chi connectivity index (χ0) is 15.5. The van der Waals surface area contributed by atoms with Crippen molar-refractivity contribution in [3.63, 3.8) is 0 Å². The Morgan fingerprint density at radius 2 is 1.83 bits per heavy atom. The molecule has 2 nitrogen and oxygen atoms in total. The Kier molecular flexibility index (Phi) is 10.1. The Balaban J connectivity index is 0.00000242. The van der Waals surface area contributed by atoms with Crippen molar-refractivity contribution in [3.05, 3.63) is 33.8 Å². The zero-order valence-electron chi connectivity index (χ0n) is 12.8. The Morgan fingerprint density at radius 3 is 2.35 bits per heavy atom. The minimum atomic E-state index is -4.11. The van der Waals surface area contributed by atoms with E-state index in [4.69, 9.17) is 0 Å². The van der Waals surface area contributed by atoms with E-state index >= 15 is 0 Å². The molecule has 1 saturated heterocycles. The van der Waals surface area contributed by atoms with Crippen molar-refractivity contribution >= 4 is 40.7 Å². The van der Waals surface area contributed by atoms with Crippen LogP contribution in [-0.4, -0.2) is 37.3 Å². The lowest BCUT2D eigenvalue weighted by Gasteiger charge is -2.36. The van der Waals surface area contributed by atoms with Crippen LogP contribution in [0.15, 0.2) is 22.7 Å². The minimum absolute atomic E-state index is 0. The molecule has 2 rings (SSSR count). The highest BCUT2D eigenvalue weighted by Gasteiger charge is 2.31. The van der Waals surface area contributed by atoms with Gasteiger partial charge in [0.25, 0.3) is 0 Å². The van der Waals surface area contributed by atoms with Crippen molar-refractivity contribution in [3.8, 4) is 0 Å². The number of piperazine rings is 1. The molecule has 1 atom stereocenters. The van der Waals surface area contributed by atoms with Crippen molar-refractivity contribution in [2.45, 2.75) is 32.0 Å². The maximum Gasteiger partial charge on any atom is 0.389 e. The van der Waals surface area contributed by atoms with Crippen LogP contribution in [0.25, 0.3) is 0 Å². The molecule has 0 aromatic heterocycles. The second-order valence-electron chi connectivity index (χ2n) is 5.48. The molecule has 1 aliphatic heterocycles. The van der Waals surface area contributed by atoms with Crippen LogP contribution < -0.4 is 5.32 Å². The summed E-state index contributed by atoms with van der Waals surface area (Å²) in [5.74, 6) is 0. The molecule has 0 aliphatic carbocycles. The molecular weight excluding hydrogens is 416 g/mol. The summed E-state index contributed by atoms with van der Waals surface area (Å²) < 4.78 is 38.8. The van der Waals surface area contributed by atoms with Crippen LogP contribution in [0.4, 0.5) is 13.2 Å². The highest BCUT2D eigenvalue weighted by molar-refractivity contribution is 9.10. The van der Waals surface area contributed by atoms with Gasteiger partial charge < -0.3 is 5.32 Å². The second kappa shape index (κ2) is 10.1. The molecule has 0 radical (unpaired) electrons. The number of aryl methyl sites for hydroxylation is 1. The number of hydrogen-bond acceptors (Lipinski definition) is 2. The van der Waals surface area contributed by atoms with E-state index in [1.54, 1.807) is 0 Å². The summed E-state index contributed by atoms with van der Waals surface area (Å²) >= 11 is 3.51. The van der Waals surface area contributed by atoms with Crippen LogP contribution in [0.3, 0.4) is 0 Å². The summed E-state index contributed by atoms with van der Waals surface area (Å²) in [7, 11) is 0. The molecule has 1 heterocycles. The maximum absolute atomic E-state index is 12.6. The second-order valence-corrected chi connectivity index (χ2v) is 6.33. The Hall–Kier alpha value is -0.0100. The van der Waals surface area contributed by atoms with Crippen LogP contribution in [0, 0.1) is 6.92 Å². The first kappa shape index (κ1) is 23.0. The number of nitrogens with one attached hydrogen (secondary N) is 1. The van der Waals surface area contributed by atoms with Gasteiger partial charge in [-0.15, -0.1) is 24.8 Å². The molecule has 0 amide bonds. The van der Waals surface area contributed by atoms with E-state index in [9.17, 15) is 13.2 Å². The normalized spacial score (nSPS) is 17.1.